The number of thioether (sulfide) groups is 1. The Bertz CT molecular complexity index is 555. The highest BCUT2D eigenvalue weighted by Gasteiger charge is 2.08. The standard InChI is InChI=1S/C11H12N4O2S/c1-7-5-9(15-17-7)14-10(16)6-18-11-8(12)3-2-4-13-11/h2-5H,6,12H2,1H3,(H,14,15,16). The van der Waals surface area contributed by atoms with E-state index < -0.39 is 0 Å². The van der Waals surface area contributed by atoms with Gasteiger partial charge in [-0.15, -0.1) is 0 Å². The second-order valence-electron chi connectivity index (χ2n) is 3.56. The Kier molecular flexibility index (Phi) is 3.83. The first kappa shape index (κ1) is 12.4. The number of carbonyl (C=O) groups is 1. The van der Waals surface area contributed by atoms with Gasteiger partial charge in [-0.3, -0.25) is 4.79 Å². The number of pyridine rings is 1. The normalized spacial score (nSPS) is 10.3. The van der Waals surface area contributed by atoms with Crippen molar-refractivity contribution in [3.63, 3.8) is 0 Å². The summed E-state index contributed by atoms with van der Waals surface area (Å²) in [5.74, 6) is 1.09. The first-order valence-corrected chi connectivity index (χ1v) is 6.20. The van der Waals surface area contributed by atoms with Crippen LogP contribution in [0.1, 0.15) is 5.76 Å². The minimum atomic E-state index is -0.182. The number of nitrogens with two attached hydrogens (primary N) is 1. The van der Waals surface area contributed by atoms with Crippen LogP contribution >= 0.6 is 11.8 Å². The molecule has 7 heteroatoms. The van der Waals surface area contributed by atoms with Gasteiger partial charge in [0.2, 0.25) is 5.91 Å². The van der Waals surface area contributed by atoms with Gasteiger partial charge in [-0.1, -0.05) is 16.9 Å². The number of hydrogen-bond acceptors (Lipinski definition) is 6. The second-order valence-corrected chi connectivity index (χ2v) is 4.52. The molecule has 0 aliphatic heterocycles. The van der Waals surface area contributed by atoms with Crippen molar-refractivity contribution in [2.45, 2.75) is 11.9 Å². The van der Waals surface area contributed by atoms with E-state index in [-0.39, 0.29) is 11.7 Å². The van der Waals surface area contributed by atoms with Gasteiger partial charge in [-0.25, -0.2) is 4.98 Å². The van der Waals surface area contributed by atoms with Crippen LogP contribution in [0, 0.1) is 6.92 Å². The van der Waals surface area contributed by atoms with Crippen LogP contribution in [-0.2, 0) is 4.79 Å². The van der Waals surface area contributed by atoms with Crippen LogP contribution in [0.4, 0.5) is 11.5 Å². The fraction of sp³-hybridized carbons (Fsp3) is 0.182. The van der Waals surface area contributed by atoms with Crippen molar-refractivity contribution in [2.24, 2.45) is 0 Å². The van der Waals surface area contributed by atoms with Crippen molar-refractivity contribution in [1.29, 1.82) is 0 Å². The van der Waals surface area contributed by atoms with Gasteiger partial charge < -0.3 is 15.6 Å². The molecule has 2 rings (SSSR count). The maximum Gasteiger partial charge on any atom is 0.236 e. The largest absolute Gasteiger partial charge is 0.397 e. The van der Waals surface area contributed by atoms with E-state index in [1.165, 1.54) is 11.8 Å². The number of carbonyl (C=O) groups excluding carboxylic acids is 1. The Morgan fingerprint density at radius 2 is 2.44 bits per heavy atom. The third kappa shape index (κ3) is 3.24. The van der Waals surface area contributed by atoms with Gasteiger partial charge in [0, 0.05) is 12.3 Å². The third-order valence-electron chi connectivity index (χ3n) is 2.04. The lowest BCUT2D eigenvalue weighted by atomic mass is 10.4. The average Bonchev–Trinajstić information content (AvgIpc) is 2.74. The minimum Gasteiger partial charge on any atom is -0.397 e. The monoisotopic (exact) mass is 264 g/mol. The number of aryl methyl sites for hydroxylation is 1. The predicted molar refractivity (Wildman–Crippen MR) is 69.2 cm³/mol. The Hall–Kier alpha value is -2.02. The smallest absolute Gasteiger partial charge is 0.236 e. The van der Waals surface area contributed by atoms with Crippen molar-refractivity contribution >= 4 is 29.2 Å². The first-order chi connectivity index (χ1) is 8.65. The van der Waals surface area contributed by atoms with E-state index in [4.69, 9.17) is 10.3 Å². The Morgan fingerprint density at radius 3 is 3.11 bits per heavy atom. The van der Waals surface area contributed by atoms with Crippen LogP contribution in [0.25, 0.3) is 0 Å². The molecule has 0 bridgehead atoms. The lowest BCUT2D eigenvalue weighted by Crippen LogP contribution is -2.14. The molecule has 3 N–H and O–H groups in total. The molecular weight excluding hydrogens is 252 g/mol. The van der Waals surface area contributed by atoms with E-state index >= 15 is 0 Å². The Labute approximate surface area is 108 Å². The zero-order chi connectivity index (χ0) is 13.0. The molecule has 0 saturated heterocycles. The molecule has 2 aromatic rings. The number of aromatic nitrogens is 2. The minimum absolute atomic E-state index is 0.182. The highest BCUT2D eigenvalue weighted by molar-refractivity contribution is 8.00. The predicted octanol–water partition coefficient (Wildman–Crippen LogP) is 1.69. The van der Waals surface area contributed by atoms with Gasteiger partial charge in [0.1, 0.15) is 10.8 Å². The van der Waals surface area contributed by atoms with Crippen LogP contribution in [0.15, 0.2) is 33.9 Å². The number of nitrogen functional groups attached to an aromatic ring is 1. The van der Waals surface area contributed by atoms with Crippen LogP contribution in [0.2, 0.25) is 0 Å². The van der Waals surface area contributed by atoms with Crippen molar-refractivity contribution in [3.8, 4) is 0 Å². The van der Waals surface area contributed by atoms with Crippen LogP contribution < -0.4 is 11.1 Å². The summed E-state index contributed by atoms with van der Waals surface area (Å²) in [7, 11) is 0. The fourth-order valence-electron chi connectivity index (χ4n) is 1.26. The quantitative estimate of drug-likeness (QED) is 0.816. The SMILES string of the molecule is Cc1cc(NC(=O)CSc2ncccc2N)no1. The summed E-state index contributed by atoms with van der Waals surface area (Å²) in [6.45, 7) is 1.76. The van der Waals surface area contributed by atoms with Crippen molar-refractivity contribution in [1.82, 2.24) is 10.1 Å². The Morgan fingerprint density at radius 1 is 1.61 bits per heavy atom. The van der Waals surface area contributed by atoms with E-state index in [9.17, 15) is 4.79 Å². The van der Waals surface area contributed by atoms with Crippen molar-refractivity contribution < 1.29 is 9.32 Å². The first-order valence-electron chi connectivity index (χ1n) is 5.21. The van der Waals surface area contributed by atoms with E-state index in [1.54, 1.807) is 31.3 Å². The average molecular weight is 264 g/mol. The highest BCUT2D eigenvalue weighted by Crippen LogP contribution is 2.21. The molecule has 0 radical (unpaired) electrons. The summed E-state index contributed by atoms with van der Waals surface area (Å²) >= 11 is 1.27. The fourth-order valence-corrected chi connectivity index (χ4v) is 1.97. The summed E-state index contributed by atoms with van der Waals surface area (Å²) in [6, 6.07) is 5.14. The molecule has 0 aromatic carbocycles. The topological polar surface area (TPSA) is 94.0 Å². The molecular formula is C11H12N4O2S. The molecule has 2 heterocycles. The molecule has 0 atom stereocenters. The van der Waals surface area contributed by atoms with Crippen molar-refractivity contribution in [2.75, 3.05) is 16.8 Å². The molecule has 1 amide bonds. The van der Waals surface area contributed by atoms with Gasteiger partial charge in [0.05, 0.1) is 11.4 Å². The van der Waals surface area contributed by atoms with E-state index in [0.29, 0.717) is 22.3 Å². The van der Waals surface area contributed by atoms with Gasteiger partial charge in [-0.05, 0) is 19.1 Å². The summed E-state index contributed by atoms with van der Waals surface area (Å²) in [4.78, 5) is 15.7. The summed E-state index contributed by atoms with van der Waals surface area (Å²) in [6.07, 6.45) is 1.64. The van der Waals surface area contributed by atoms with E-state index in [2.05, 4.69) is 15.5 Å². The number of nitrogens with one attached hydrogen (secondary N) is 1. The lowest BCUT2D eigenvalue weighted by Gasteiger charge is -2.03. The maximum absolute atomic E-state index is 11.6. The summed E-state index contributed by atoms with van der Waals surface area (Å²) < 4.78 is 4.84. The van der Waals surface area contributed by atoms with Gasteiger partial charge in [0.15, 0.2) is 5.82 Å². The number of rotatable bonds is 4. The summed E-state index contributed by atoms with van der Waals surface area (Å²) in [5.41, 5.74) is 6.28. The number of amides is 1. The molecule has 0 spiro atoms. The van der Waals surface area contributed by atoms with Crippen LogP contribution in [-0.4, -0.2) is 21.8 Å². The summed E-state index contributed by atoms with van der Waals surface area (Å²) in [5, 5.41) is 6.93. The van der Waals surface area contributed by atoms with Crippen LogP contribution in [0.5, 0.6) is 0 Å². The highest BCUT2D eigenvalue weighted by atomic mass is 32.2. The molecule has 0 aliphatic rings. The van der Waals surface area contributed by atoms with Gasteiger partial charge >= 0.3 is 0 Å². The third-order valence-corrected chi connectivity index (χ3v) is 3.06. The molecule has 0 aliphatic carbocycles. The van der Waals surface area contributed by atoms with Gasteiger partial charge in [0.25, 0.3) is 0 Å². The Balaban J connectivity index is 1.87. The maximum atomic E-state index is 11.6. The molecule has 2 aromatic heterocycles. The molecule has 0 unspecified atom stereocenters. The molecule has 6 nitrogen and oxygen atoms in total. The van der Waals surface area contributed by atoms with Gasteiger partial charge in [-0.2, -0.15) is 0 Å². The zero-order valence-corrected chi connectivity index (χ0v) is 10.5. The van der Waals surface area contributed by atoms with E-state index in [0.717, 1.165) is 0 Å². The lowest BCUT2D eigenvalue weighted by molar-refractivity contribution is -0.113. The second kappa shape index (κ2) is 5.54. The zero-order valence-electron chi connectivity index (χ0n) is 9.71. The number of nitrogens with zero attached hydrogens (tertiary/aromatic N) is 2. The number of anilines is 2. The number of hydrogen-bond donors (Lipinski definition) is 2. The molecule has 0 saturated carbocycles. The van der Waals surface area contributed by atoms with Crippen molar-refractivity contribution in [3.05, 3.63) is 30.2 Å². The van der Waals surface area contributed by atoms with Crippen LogP contribution in [0.3, 0.4) is 0 Å². The molecule has 18 heavy (non-hydrogen) atoms. The molecule has 94 valence electrons. The van der Waals surface area contributed by atoms with E-state index in [1.807, 2.05) is 0 Å². The molecule has 0 fully saturated rings.